The molecular formula is C70H50N4O2. The van der Waals surface area contributed by atoms with E-state index >= 15 is 0 Å². The summed E-state index contributed by atoms with van der Waals surface area (Å²) in [5.41, 5.74) is 22.7. The molecule has 0 atom stereocenters. The lowest BCUT2D eigenvalue weighted by Crippen LogP contribution is -2.40. The number of anilines is 6. The number of hydrogen-bond acceptors (Lipinski definition) is 6. The van der Waals surface area contributed by atoms with Crippen molar-refractivity contribution in [3.05, 3.63) is 261 Å². The van der Waals surface area contributed by atoms with Crippen molar-refractivity contribution in [3.8, 4) is 23.3 Å². The predicted molar refractivity (Wildman–Crippen MR) is 308 cm³/mol. The van der Waals surface area contributed by atoms with Gasteiger partial charge in [0.25, 0.3) is 0 Å². The fourth-order valence-corrected chi connectivity index (χ4v) is 13.3. The summed E-state index contributed by atoms with van der Waals surface area (Å²) < 4.78 is 13.7. The Morgan fingerprint density at radius 3 is 1.12 bits per heavy atom. The molecule has 6 nitrogen and oxygen atoms in total. The lowest BCUT2D eigenvalue weighted by molar-refractivity contribution is 0.563. The first-order chi connectivity index (χ1) is 37.0. The molecule has 12 aromatic rings. The number of furan rings is 2. The monoisotopic (exact) mass is 978 g/mol. The average molecular weight is 979 g/mol. The number of para-hydroxylation sites is 4. The molecule has 2 heterocycles. The van der Waals surface area contributed by atoms with Gasteiger partial charge in [-0.3, -0.25) is 0 Å². The first kappa shape index (κ1) is 45.0. The Morgan fingerprint density at radius 1 is 0.355 bits per heavy atom. The Morgan fingerprint density at radius 2 is 0.724 bits per heavy atom. The highest BCUT2D eigenvalue weighted by molar-refractivity contribution is 6.13. The van der Waals surface area contributed by atoms with Crippen LogP contribution in [-0.4, -0.2) is 0 Å². The molecule has 0 N–H and O–H groups in total. The number of nitrogens with zero attached hydrogens (tertiary/aromatic N) is 4. The van der Waals surface area contributed by atoms with Crippen LogP contribution in [0.3, 0.4) is 0 Å². The average Bonchev–Trinajstić information content (AvgIpc) is 4.29. The lowest BCUT2D eigenvalue weighted by atomic mass is 9.55. The third-order valence-corrected chi connectivity index (χ3v) is 16.3. The molecule has 0 saturated carbocycles. The molecule has 0 fully saturated rings. The zero-order valence-corrected chi connectivity index (χ0v) is 43.1. The molecule has 2 aromatic heterocycles. The smallest absolute Gasteiger partial charge is 0.159 e. The van der Waals surface area contributed by atoms with Crippen molar-refractivity contribution in [3.63, 3.8) is 0 Å². The topological polar surface area (TPSA) is 80.3 Å². The highest BCUT2D eigenvalue weighted by atomic mass is 16.3. The van der Waals surface area contributed by atoms with Crippen LogP contribution in [0.5, 0.6) is 0 Å². The van der Waals surface area contributed by atoms with Gasteiger partial charge in [-0.1, -0.05) is 135 Å². The van der Waals surface area contributed by atoms with Gasteiger partial charge in [-0.2, -0.15) is 10.5 Å². The molecule has 76 heavy (non-hydrogen) atoms. The van der Waals surface area contributed by atoms with Gasteiger partial charge in [-0.05, 0) is 167 Å². The molecule has 0 bridgehead atoms. The van der Waals surface area contributed by atoms with E-state index in [9.17, 15) is 10.5 Å². The van der Waals surface area contributed by atoms with Gasteiger partial charge in [-0.25, -0.2) is 0 Å². The van der Waals surface area contributed by atoms with Crippen molar-refractivity contribution in [1.82, 2.24) is 0 Å². The van der Waals surface area contributed by atoms with Gasteiger partial charge < -0.3 is 18.6 Å². The number of benzene rings is 10. The van der Waals surface area contributed by atoms with E-state index < -0.39 is 5.41 Å². The molecule has 0 amide bonds. The SMILES string of the molecule is Cc1cc(C)cc(N(c2ccc3c(c2)-c2cc(N(c4cc(C)cc(C)c4)c4cccc5c4oc4c(C#N)cccc45)ccc2C32c3ccccc3C(C)(C)c3ccccc32)c2cccc3c2oc2c(C#N)cccc23)c1. The Labute approximate surface area is 441 Å². The fraction of sp³-hybridized carbons (Fsp3) is 0.114. The summed E-state index contributed by atoms with van der Waals surface area (Å²) in [6, 6.07) is 74.6. The lowest BCUT2D eigenvalue weighted by Gasteiger charge is -2.46. The minimum Gasteiger partial charge on any atom is -0.452 e. The summed E-state index contributed by atoms with van der Waals surface area (Å²) in [4.78, 5) is 4.66. The van der Waals surface area contributed by atoms with E-state index in [1.807, 2.05) is 36.4 Å². The van der Waals surface area contributed by atoms with Gasteiger partial charge in [-0.15, -0.1) is 0 Å². The minimum atomic E-state index is -0.668. The van der Waals surface area contributed by atoms with Crippen molar-refractivity contribution in [2.24, 2.45) is 0 Å². The summed E-state index contributed by atoms with van der Waals surface area (Å²) in [5, 5.41) is 24.2. The minimum absolute atomic E-state index is 0.270. The van der Waals surface area contributed by atoms with E-state index in [1.54, 1.807) is 0 Å². The van der Waals surface area contributed by atoms with Crippen LogP contribution in [0.2, 0.25) is 0 Å². The molecule has 0 radical (unpaired) electrons. The normalized spacial score (nSPS) is 13.6. The van der Waals surface area contributed by atoms with Crippen molar-refractivity contribution in [2.45, 2.75) is 52.4 Å². The second-order valence-corrected chi connectivity index (χ2v) is 21.4. The summed E-state index contributed by atoms with van der Waals surface area (Å²) in [5.74, 6) is 0. The third-order valence-electron chi connectivity index (χ3n) is 16.3. The van der Waals surface area contributed by atoms with Crippen LogP contribution >= 0.6 is 0 Å². The molecule has 2 aliphatic carbocycles. The summed E-state index contributed by atoms with van der Waals surface area (Å²) in [7, 11) is 0. The van der Waals surface area contributed by atoms with Gasteiger partial charge in [0.1, 0.15) is 12.1 Å². The van der Waals surface area contributed by atoms with Crippen LogP contribution in [0.4, 0.5) is 34.1 Å². The number of rotatable bonds is 6. The highest BCUT2D eigenvalue weighted by Gasteiger charge is 2.53. The summed E-state index contributed by atoms with van der Waals surface area (Å²) in [6.07, 6.45) is 0. The number of aryl methyl sites for hydroxylation is 4. The Balaban J connectivity index is 1.08. The molecule has 14 rings (SSSR count). The molecule has 10 aromatic carbocycles. The first-order valence-corrected chi connectivity index (χ1v) is 25.9. The maximum Gasteiger partial charge on any atom is 0.159 e. The van der Waals surface area contributed by atoms with E-state index in [0.29, 0.717) is 33.5 Å². The van der Waals surface area contributed by atoms with E-state index in [-0.39, 0.29) is 5.41 Å². The van der Waals surface area contributed by atoms with Gasteiger partial charge in [0.15, 0.2) is 22.3 Å². The summed E-state index contributed by atoms with van der Waals surface area (Å²) in [6.45, 7) is 13.3. The van der Waals surface area contributed by atoms with Crippen molar-refractivity contribution in [2.75, 3.05) is 9.80 Å². The van der Waals surface area contributed by atoms with Crippen molar-refractivity contribution in [1.29, 1.82) is 10.5 Å². The third kappa shape index (κ3) is 6.31. The van der Waals surface area contributed by atoms with Crippen LogP contribution in [0.25, 0.3) is 55.0 Å². The maximum absolute atomic E-state index is 10.2. The molecule has 1 spiro atoms. The van der Waals surface area contributed by atoms with E-state index in [0.717, 1.165) is 89.0 Å². The zero-order chi connectivity index (χ0) is 51.8. The van der Waals surface area contributed by atoms with Crippen LogP contribution < -0.4 is 9.80 Å². The number of fused-ring (bicyclic) bond motifs is 15. The van der Waals surface area contributed by atoms with Crippen LogP contribution in [0.1, 0.15) is 80.6 Å². The fourth-order valence-electron chi connectivity index (χ4n) is 13.3. The van der Waals surface area contributed by atoms with Crippen LogP contribution in [0.15, 0.2) is 203 Å². The molecule has 0 saturated heterocycles. The first-order valence-electron chi connectivity index (χ1n) is 25.9. The van der Waals surface area contributed by atoms with Crippen LogP contribution in [-0.2, 0) is 10.8 Å². The highest BCUT2D eigenvalue weighted by Crippen LogP contribution is 2.63. The van der Waals surface area contributed by atoms with Gasteiger partial charge in [0.05, 0.1) is 27.9 Å². The van der Waals surface area contributed by atoms with Crippen molar-refractivity contribution < 1.29 is 8.83 Å². The van der Waals surface area contributed by atoms with E-state index in [2.05, 4.69) is 221 Å². The van der Waals surface area contributed by atoms with Crippen molar-refractivity contribution >= 4 is 78.0 Å². The molecule has 362 valence electrons. The Kier molecular flexibility index (Phi) is 9.74. The zero-order valence-electron chi connectivity index (χ0n) is 43.1. The van der Waals surface area contributed by atoms with Gasteiger partial charge in [0, 0.05) is 49.7 Å². The Bertz CT molecular complexity index is 4230. The second-order valence-electron chi connectivity index (χ2n) is 21.4. The predicted octanol–water partition coefficient (Wildman–Crippen LogP) is 18.4. The van der Waals surface area contributed by atoms with E-state index in [4.69, 9.17) is 8.83 Å². The Hall–Kier alpha value is -9.62. The molecule has 0 unspecified atom stereocenters. The molecular weight excluding hydrogens is 929 g/mol. The van der Waals surface area contributed by atoms with Crippen LogP contribution in [0, 0.1) is 50.4 Å². The number of nitriles is 2. The second kappa shape index (κ2) is 16.4. The molecule has 0 aliphatic heterocycles. The number of hydrogen-bond donors (Lipinski definition) is 0. The summed E-state index contributed by atoms with van der Waals surface area (Å²) >= 11 is 0. The molecule has 6 heteroatoms. The standard InChI is InChI=1S/C70H50N4O2/c1-41-31-42(2)34-49(33-41)73(63-25-13-19-53-51-17-11-15-45(39-71)65(51)75-67(53)63)47-27-29-57-55(37-47)56-38-48(28-30-58(56)70(57)61-23-9-7-21-59(61)69(5,6)60-22-8-10-24-62(60)70)74(50-35-43(3)32-44(4)36-50)64-26-14-20-54-52-18-12-16-46(40-72)66(52)76-68(54)64/h7-38H,1-6H3. The molecule has 2 aliphatic rings. The van der Waals surface area contributed by atoms with Gasteiger partial charge in [0.2, 0.25) is 0 Å². The van der Waals surface area contributed by atoms with E-state index in [1.165, 1.54) is 33.4 Å². The van der Waals surface area contributed by atoms with Gasteiger partial charge >= 0.3 is 0 Å². The quantitative estimate of drug-likeness (QED) is 0.165. The largest absolute Gasteiger partial charge is 0.452 e. The maximum atomic E-state index is 10.2.